The molecule has 0 atom stereocenters. The van der Waals surface area contributed by atoms with E-state index in [2.05, 4.69) is 4.99 Å². The summed E-state index contributed by atoms with van der Waals surface area (Å²) in [4.78, 5) is 15.6. The molecule has 5 N–H and O–H groups in total. The summed E-state index contributed by atoms with van der Waals surface area (Å²) >= 11 is 0. The lowest BCUT2D eigenvalue weighted by molar-refractivity contribution is 0.100. The minimum absolute atomic E-state index is 0.101. The lowest BCUT2D eigenvalue weighted by atomic mass is 9.93. The lowest BCUT2D eigenvalue weighted by Gasteiger charge is -2.11. The molecule has 0 unspecified atom stereocenters. The quantitative estimate of drug-likeness (QED) is 0.573. The van der Waals surface area contributed by atoms with Gasteiger partial charge in [-0.2, -0.15) is 10.3 Å². The summed E-state index contributed by atoms with van der Waals surface area (Å²) in [5.41, 5.74) is 12.5. The normalized spacial score (nSPS) is 9.82. The lowest BCUT2D eigenvalue weighted by Crippen LogP contribution is -2.24. The van der Waals surface area contributed by atoms with E-state index in [0.717, 1.165) is 5.56 Å². The molecule has 22 heavy (non-hydrogen) atoms. The van der Waals surface area contributed by atoms with Gasteiger partial charge in [0, 0.05) is 5.56 Å². The molecule has 0 fully saturated rings. The van der Waals surface area contributed by atoms with Gasteiger partial charge >= 0.3 is 0 Å². The van der Waals surface area contributed by atoms with Crippen molar-refractivity contribution in [3.63, 3.8) is 0 Å². The molecule has 2 aromatic rings. The highest BCUT2D eigenvalue weighted by Gasteiger charge is 2.21. The van der Waals surface area contributed by atoms with E-state index in [0.29, 0.717) is 11.1 Å². The van der Waals surface area contributed by atoms with E-state index in [-0.39, 0.29) is 16.9 Å². The minimum atomic E-state index is -0.801. The van der Waals surface area contributed by atoms with Crippen LogP contribution >= 0.6 is 0 Å². The molecule has 0 heterocycles. The van der Waals surface area contributed by atoms with E-state index < -0.39 is 11.9 Å². The molecule has 0 saturated carbocycles. The fourth-order valence-electron chi connectivity index (χ4n) is 2.09. The van der Waals surface area contributed by atoms with Gasteiger partial charge in [0.15, 0.2) is 5.96 Å². The summed E-state index contributed by atoms with van der Waals surface area (Å²) in [6.07, 6.45) is 0. The standard InChI is InChI=1S/C16H14N4O2/c1-9-2-4-10(5-3-9)13-11(8-17)6-7-12(21)14(13)15(22)20-16(18)19/h2-7,21H,1H3,(H4,18,19,20,22). The number of carbonyl (C=O) groups excluding carboxylic acids is 1. The zero-order valence-corrected chi connectivity index (χ0v) is 11.9. The number of nitriles is 1. The van der Waals surface area contributed by atoms with Crippen molar-refractivity contribution in [2.75, 3.05) is 0 Å². The third-order valence-corrected chi connectivity index (χ3v) is 3.09. The van der Waals surface area contributed by atoms with Gasteiger partial charge in [-0.25, -0.2) is 0 Å². The number of hydrogen-bond donors (Lipinski definition) is 3. The van der Waals surface area contributed by atoms with Crippen LogP contribution in [0.15, 0.2) is 41.4 Å². The van der Waals surface area contributed by atoms with Crippen molar-refractivity contribution in [3.8, 4) is 22.9 Å². The first-order chi connectivity index (χ1) is 10.4. The first kappa shape index (κ1) is 15.1. The molecule has 2 rings (SSSR count). The molecule has 0 aromatic heterocycles. The number of nitrogens with two attached hydrogens (primary N) is 2. The van der Waals surface area contributed by atoms with Gasteiger partial charge in [0.25, 0.3) is 5.91 Å². The zero-order valence-electron chi connectivity index (χ0n) is 11.9. The van der Waals surface area contributed by atoms with Crippen LogP contribution in [0.5, 0.6) is 5.75 Å². The highest BCUT2D eigenvalue weighted by Crippen LogP contribution is 2.34. The maximum atomic E-state index is 12.2. The second-order valence-corrected chi connectivity index (χ2v) is 4.70. The fraction of sp³-hybridized carbons (Fsp3) is 0.0625. The first-order valence-corrected chi connectivity index (χ1v) is 6.41. The Hall–Kier alpha value is -3.33. The number of hydrogen-bond acceptors (Lipinski definition) is 3. The molecule has 0 saturated heterocycles. The number of carbonyl (C=O) groups is 1. The summed E-state index contributed by atoms with van der Waals surface area (Å²) in [7, 11) is 0. The van der Waals surface area contributed by atoms with Gasteiger partial charge in [0.05, 0.1) is 17.2 Å². The summed E-state index contributed by atoms with van der Waals surface area (Å²) in [5, 5.41) is 19.3. The van der Waals surface area contributed by atoms with Gasteiger partial charge in [-0.3, -0.25) is 4.79 Å². The highest BCUT2D eigenvalue weighted by molar-refractivity contribution is 6.09. The third kappa shape index (κ3) is 2.88. The predicted molar refractivity (Wildman–Crippen MR) is 83.1 cm³/mol. The van der Waals surface area contributed by atoms with E-state index in [9.17, 15) is 15.2 Å². The Bertz CT molecular complexity index is 798. The van der Waals surface area contributed by atoms with E-state index in [4.69, 9.17) is 11.5 Å². The van der Waals surface area contributed by atoms with E-state index >= 15 is 0 Å². The fourth-order valence-corrected chi connectivity index (χ4v) is 2.09. The van der Waals surface area contributed by atoms with Crippen LogP contribution in [-0.2, 0) is 0 Å². The Balaban J connectivity index is 2.77. The molecule has 6 heteroatoms. The van der Waals surface area contributed by atoms with Gasteiger partial charge < -0.3 is 16.6 Å². The second kappa shape index (κ2) is 5.97. The Morgan fingerprint density at radius 1 is 1.18 bits per heavy atom. The van der Waals surface area contributed by atoms with Crippen molar-refractivity contribution < 1.29 is 9.90 Å². The number of guanidine groups is 1. The van der Waals surface area contributed by atoms with Gasteiger partial charge in [-0.1, -0.05) is 29.8 Å². The molecule has 0 radical (unpaired) electrons. The molecular weight excluding hydrogens is 280 g/mol. The summed E-state index contributed by atoms with van der Waals surface area (Å²) in [5.74, 6) is -1.50. The average Bonchev–Trinajstić information content (AvgIpc) is 2.47. The number of aromatic hydroxyl groups is 1. The Labute approximate surface area is 127 Å². The molecular formula is C16H14N4O2. The molecule has 0 bridgehead atoms. The van der Waals surface area contributed by atoms with Crippen LogP contribution in [0, 0.1) is 18.3 Å². The van der Waals surface area contributed by atoms with Crippen molar-refractivity contribution in [2.24, 2.45) is 16.5 Å². The maximum Gasteiger partial charge on any atom is 0.284 e. The van der Waals surface area contributed by atoms with Crippen molar-refractivity contribution in [1.82, 2.24) is 0 Å². The zero-order chi connectivity index (χ0) is 16.3. The molecule has 0 aliphatic carbocycles. The number of phenols is 1. The summed E-state index contributed by atoms with van der Waals surface area (Å²) in [6.45, 7) is 1.92. The number of aliphatic imine (C=N–C) groups is 1. The molecule has 0 aliphatic heterocycles. The van der Waals surface area contributed by atoms with E-state index in [1.165, 1.54) is 12.1 Å². The minimum Gasteiger partial charge on any atom is -0.507 e. The van der Waals surface area contributed by atoms with Crippen LogP contribution in [0.25, 0.3) is 11.1 Å². The van der Waals surface area contributed by atoms with E-state index in [1.807, 2.05) is 25.1 Å². The predicted octanol–water partition coefficient (Wildman–Crippen LogP) is 1.65. The van der Waals surface area contributed by atoms with Crippen LogP contribution in [0.2, 0.25) is 0 Å². The van der Waals surface area contributed by atoms with Gasteiger partial charge in [0.2, 0.25) is 0 Å². The van der Waals surface area contributed by atoms with Crippen LogP contribution in [-0.4, -0.2) is 17.0 Å². The van der Waals surface area contributed by atoms with Crippen LogP contribution < -0.4 is 11.5 Å². The topological polar surface area (TPSA) is 125 Å². The van der Waals surface area contributed by atoms with Crippen LogP contribution in [0.3, 0.4) is 0 Å². The van der Waals surface area contributed by atoms with Crippen LogP contribution in [0.4, 0.5) is 0 Å². The Kier molecular flexibility index (Phi) is 4.09. The number of aryl methyl sites for hydroxylation is 1. The number of rotatable bonds is 2. The SMILES string of the molecule is Cc1ccc(-c2c(C#N)ccc(O)c2C(=O)N=C(N)N)cc1. The number of phenolic OH excluding ortho intramolecular Hbond substituents is 1. The molecule has 0 spiro atoms. The summed E-state index contributed by atoms with van der Waals surface area (Å²) < 4.78 is 0. The van der Waals surface area contributed by atoms with Crippen molar-refractivity contribution in [3.05, 3.63) is 53.1 Å². The Morgan fingerprint density at radius 3 is 2.36 bits per heavy atom. The smallest absolute Gasteiger partial charge is 0.284 e. The largest absolute Gasteiger partial charge is 0.507 e. The number of nitrogens with zero attached hydrogens (tertiary/aromatic N) is 2. The first-order valence-electron chi connectivity index (χ1n) is 6.41. The monoisotopic (exact) mass is 294 g/mol. The number of benzene rings is 2. The molecule has 1 amide bonds. The number of amides is 1. The van der Waals surface area contributed by atoms with Crippen molar-refractivity contribution >= 4 is 11.9 Å². The average molecular weight is 294 g/mol. The highest BCUT2D eigenvalue weighted by atomic mass is 16.3. The van der Waals surface area contributed by atoms with Crippen LogP contribution in [0.1, 0.15) is 21.5 Å². The van der Waals surface area contributed by atoms with Crippen molar-refractivity contribution in [2.45, 2.75) is 6.92 Å². The van der Waals surface area contributed by atoms with Gasteiger partial charge in [-0.15, -0.1) is 0 Å². The Morgan fingerprint density at radius 2 is 1.82 bits per heavy atom. The summed E-state index contributed by atoms with van der Waals surface area (Å²) in [6, 6.07) is 11.9. The molecule has 2 aromatic carbocycles. The molecule has 6 nitrogen and oxygen atoms in total. The third-order valence-electron chi connectivity index (χ3n) is 3.09. The second-order valence-electron chi connectivity index (χ2n) is 4.70. The van der Waals surface area contributed by atoms with Gasteiger partial charge in [-0.05, 0) is 24.6 Å². The molecule has 110 valence electrons. The maximum absolute atomic E-state index is 12.2. The molecule has 0 aliphatic rings. The van der Waals surface area contributed by atoms with Gasteiger partial charge in [0.1, 0.15) is 5.75 Å². The van der Waals surface area contributed by atoms with E-state index in [1.54, 1.807) is 12.1 Å². The van der Waals surface area contributed by atoms with Crippen molar-refractivity contribution in [1.29, 1.82) is 5.26 Å².